The maximum atomic E-state index is 13.6. The van der Waals surface area contributed by atoms with E-state index in [1.807, 2.05) is 0 Å². The van der Waals surface area contributed by atoms with Gasteiger partial charge >= 0.3 is 0 Å². The number of hydrogen-bond donors (Lipinski definition) is 0. The minimum Gasteiger partial charge on any atom is -0.482 e. The Morgan fingerprint density at radius 1 is 1.07 bits per heavy atom. The summed E-state index contributed by atoms with van der Waals surface area (Å²) in [7, 11) is 0. The molecule has 1 amide bonds. The average Bonchev–Trinajstić information content (AvgIpc) is 3.39. The third-order valence-electron chi connectivity index (χ3n) is 6.51. The van der Waals surface area contributed by atoms with Crippen LogP contribution in [0.3, 0.4) is 0 Å². The molecule has 0 spiro atoms. The van der Waals surface area contributed by atoms with Crippen molar-refractivity contribution in [3.05, 3.63) is 91.1 Å². The summed E-state index contributed by atoms with van der Waals surface area (Å²) in [4.78, 5) is 32.7. The number of furan rings is 1. The topological polar surface area (TPSA) is 99.2 Å². The molecule has 1 aliphatic heterocycles. The number of para-hydroxylation sites is 1. The molecule has 5 aromatic rings. The fourth-order valence-electron chi connectivity index (χ4n) is 4.50. The zero-order valence-electron chi connectivity index (χ0n) is 21.4. The van der Waals surface area contributed by atoms with Gasteiger partial charge in [0.15, 0.2) is 12.4 Å². The normalized spacial score (nSPS) is 13.9. The van der Waals surface area contributed by atoms with Crippen LogP contribution in [-0.4, -0.2) is 59.6 Å². The van der Waals surface area contributed by atoms with Crippen LogP contribution in [0.5, 0.6) is 5.75 Å². The largest absolute Gasteiger partial charge is 0.482 e. The quantitative estimate of drug-likeness (QED) is 0.208. The van der Waals surface area contributed by atoms with E-state index in [9.17, 15) is 9.59 Å². The van der Waals surface area contributed by atoms with Crippen molar-refractivity contribution in [1.82, 2.24) is 14.6 Å². The molecule has 208 valence electrons. The Morgan fingerprint density at radius 2 is 1.88 bits per heavy atom. The zero-order chi connectivity index (χ0) is 28.5. The second kappa shape index (κ2) is 11.7. The van der Waals surface area contributed by atoms with Crippen LogP contribution < -0.4 is 10.3 Å². The lowest BCUT2D eigenvalue weighted by atomic mass is 10.2. The van der Waals surface area contributed by atoms with Crippen LogP contribution in [0.2, 0.25) is 10.0 Å². The molecule has 2 aromatic heterocycles. The maximum Gasteiger partial charge on any atom is 0.282 e. The van der Waals surface area contributed by atoms with Crippen molar-refractivity contribution in [3.8, 4) is 17.3 Å². The molecule has 0 radical (unpaired) electrons. The van der Waals surface area contributed by atoms with E-state index in [1.165, 1.54) is 10.9 Å². The van der Waals surface area contributed by atoms with Gasteiger partial charge in [-0.3, -0.25) is 9.59 Å². The molecule has 1 saturated heterocycles. The van der Waals surface area contributed by atoms with Crippen LogP contribution in [0, 0.1) is 0 Å². The molecular weight excluding hydrogens is 635 g/mol. The van der Waals surface area contributed by atoms with Gasteiger partial charge in [0, 0.05) is 34.1 Å². The van der Waals surface area contributed by atoms with Gasteiger partial charge < -0.3 is 18.8 Å². The fraction of sp³-hybridized carbons (Fsp3) is 0.172. The minimum absolute atomic E-state index is 0.166. The third kappa shape index (κ3) is 5.73. The van der Waals surface area contributed by atoms with E-state index >= 15 is 0 Å². The van der Waals surface area contributed by atoms with Crippen molar-refractivity contribution in [1.29, 1.82) is 0 Å². The summed E-state index contributed by atoms with van der Waals surface area (Å²) in [6, 6.07) is 17.3. The SMILES string of the molecule is O=C(COc1c(Br)cc(Cl)cc1C=Nn1c(-c2cc3cc(Cl)ccc3o2)nc2ccccc2c1=O)N1CCOCC1. The summed E-state index contributed by atoms with van der Waals surface area (Å²) >= 11 is 16.0. The zero-order valence-corrected chi connectivity index (χ0v) is 24.4. The molecule has 0 bridgehead atoms. The van der Waals surface area contributed by atoms with E-state index < -0.39 is 5.56 Å². The minimum atomic E-state index is -0.397. The Morgan fingerprint density at radius 3 is 2.71 bits per heavy atom. The van der Waals surface area contributed by atoms with Gasteiger partial charge in [-0.2, -0.15) is 9.78 Å². The average molecular weight is 656 g/mol. The first-order chi connectivity index (χ1) is 19.9. The van der Waals surface area contributed by atoms with Crippen LogP contribution in [0.15, 0.2) is 79.4 Å². The van der Waals surface area contributed by atoms with E-state index in [0.29, 0.717) is 74.4 Å². The number of halogens is 3. The van der Waals surface area contributed by atoms with Gasteiger partial charge in [-0.05, 0) is 64.5 Å². The first-order valence-electron chi connectivity index (χ1n) is 12.6. The number of aromatic nitrogens is 2. The molecule has 0 aliphatic carbocycles. The number of hydrogen-bond acceptors (Lipinski definition) is 7. The van der Waals surface area contributed by atoms with Crippen molar-refractivity contribution in [2.24, 2.45) is 5.10 Å². The number of carbonyl (C=O) groups is 1. The second-order valence-corrected chi connectivity index (χ2v) is 10.9. The number of fused-ring (bicyclic) bond motifs is 2. The predicted molar refractivity (Wildman–Crippen MR) is 161 cm³/mol. The monoisotopic (exact) mass is 654 g/mol. The van der Waals surface area contributed by atoms with Crippen LogP contribution >= 0.6 is 39.1 Å². The highest BCUT2D eigenvalue weighted by Crippen LogP contribution is 2.33. The Balaban J connectivity index is 1.41. The van der Waals surface area contributed by atoms with Crippen molar-refractivity contribution in [2.45, 2.75) is 0 Å². The fourth-order valence-corrected chi connectivity index (χ4v) is 5.63. The molecule has 6 rings (SSSR count). The van der Waals surface area contributed by atoms with Crippen LogP contribution in [-0.2, 0) is 9.53 Å². The van der Waals surface area contributed by atoms with Gasteiger partial charge in [0.1, 0.15) is 11.3 Å². The highest BCUT2D eigenvalue weighted by Gasteiger charge is 2.20. The molecule has 12 heteroatoms. The number of carbonyl (C=O) groups excluding carboxylic acids is 1. The molecule has 41 heavy (non-hydrogen) atoms. The lowest BCUT2D eigenvalue weighted by Gasteiger charge is -2.26. The molecule has 9 nitrogen and oxygen atoms in total. The third-order valence-corrected chi connectivity index (χ3v) is 7.55. The molecule has 1 fully saturated rings. The second-order valence-electron chi connectivity index (χ2n) is 9.19. The molecule has 0 unspecified atom stereocenters. The van der Waals surface area contributed by atoms with Crippen LogP contribution in [0.4, 0.5) is 0 Å². The molecule has 0 atom stereocenters. The highest BCUT2D eigenvalue weighted by molar-refractivity contribution is 9.10. The van der Waals surface area contributed by atoms with Crippen molar-refractivity contribution >= 4 is 73.1 Å². The lowest BCUT2D eigenvalue weighted by molar-refractivity contribution is -0.137. The van der Waals surface area contributed by atoms with Gasteiger partial charge in [-0.1, -0.05) is 35.3 Å². The Bertz CT molecular complexity index is 1880. The summed E-state index contributed by atoms with van der Waals surface area (Å²) in [6.45, 7) is 1.80. The Labute approximate surface area is 252 Å². The summed E-state index contributed by atoms with van der Waals surface area (Å²) < 4.78 is 19.0. The summed E-state index contributed by atoms with van der Waals surface area (Å²) in [5.41, 5.74) is 1.13. The molecule has 1 aliphatic rings. The number of amides is 1. The first-order valence-corrected chi connectivity index (χ1v) is 14.2. The van der Waals surface area contributed by atoms with Crippen molar-refractivity contribution < 1.29 is 18.7 Å². The van der Waals surface area contributed by atoms with E-state index in [-0.39, 0.29) is 18.3 Å². The van der Waals surface area contributed by atoms with E-state index in [1.54, 1.807) is 65.6 Å². The Kier molecular flexibility index (Phi) is 7.81. The molecule has 3 heterocycles. The summed E-state index contributed by atoms with van der Waals surface area (Å²) in [5.74, 6) is 0.715. The first kappa shape index (κ1) is 27.5. The number of ether oxygens (including phenoxy) is 2. The van der Waals surface area contributed by atoms with Gasteiger partial charge in [0.2, 0.25) is 5.82 Å². The van der Waals surface area contributed by atoms with Gasteiger partial charge in [-0.15, -0.1) is 0 Å². The Hall–Kier alpha value is -3.70. The van der Waals surface area contributed by atoms with Crippen molar-refractivity contribution in [3.63, 3.8) is 0 Å². The summed E-state index contributed by atoms with van der Waals surface area (Å²) in [6.07, 6.45) is 1.44. The number of morpholine rings is 1. The number of rotatable bonds is 6. The predicted octanol–water partition coefficient (Wildman–Crippen LogP) is 6.00. The van der Waals surface area contributed by atoms with Crippen LogP contribution in [0.25, 0.3) is 33.5 Å². The van der Waals surface area contributed by atoms with Gasteiger partial charge in [-0.25, -0.2) is 4.98 Å². The van der Waals surface area contributed by atoms with Crippen molar-refractivity contribution in [2.75, 3.05) is 32.9 Å². The highest BCUT2D eigenvalue weighted by atomic mass is 79.9. The van der Waals surface area contributed by atoms with E-state index in [4.69, 9.17) is 42.1 Å². The molecule has 3 aromatic carbocycles. The molecule has 0 saturated carbocycles. The summed E-state index contributed by atoms with van der Waals surface area (Å²) in [5, 5.41) is 6.61. The van der Waals surface area contributed by atoms with E-state index in [0.717, 1.165) is 5.39 Å². The smallest absolute Gasteiger partial charge is 0.282 e. The number of benzene rings is 3. The number of nitrogens with zero attached hydrogens (tertiary/aromatic N) is 4. The van der Waals surface area contributed by atoms with Crippen LogP contribution in [0.1, 0.15) is 5.56 Å². The lowest BCUT2D eigenvalue weighted by Crippen LogP contribution is -2.43. The standard InChI is InChI=1S/C29H21BrCl2N4O5/c30-22-14-20(32)12-18(27(22)40-16-26(37)35-7-9-39-10-8-35)15-33-36-28(34-23-4-2-1-3-21(23)29(36)38)25-13-17-11-19(31)5-6-24(17)41-25/h1-6,11-15H,7-10,16H2. The van der Waals surface area contributed by atoms with Gasteiger partial charge in [0.05, 0.1) is 34.8 Å². The molecular formula is C29H21BrCl2N4O5. The maximum absolute atomic E-state index is 13.6. The van der Waals surface area contributed by atoms with Gasteiger partial charge in [0.25, 0.3) is 11.5 Å². The molecule has 0 N–H and O–H groups in total. The van der Waals surface area contributed by atoms with E-state index in [2.05, 4.69) is 21.0 Å².